The van der Waals surface area contributed by atoms with Gasteiger partial charge in [0.25, 0.3) is 0 Å². The molecule has 0 saturated carbocycles. The van der Waals surface area contributed by atoms with E-state index in [1.807, 2.05) is 0 Å². The molecule has 0 aliphatic rings. The minimum absolute atomic E-state index is 0.277. The van der Waals surface area contributed by atoms with Gasteiger partial charge in [-0.05, 0) is 6.92 Å². The summed E-state index contributed by atoms with van der Waals surface area (Å²) in [5.41, 5.74) is 0. The third-order valence-corrected chi connectivity index (χ3v) is 2.82. The van der Waals surface area contributed by atoms with Gasteiger partial charge >= 0.3 is 0 Å². The number of hydrogen-bond acceptors (Lipinski definition) is 5. The van der Waals surface area contributed by atoms with E-state index in [-0.39, 0.29) is 12.1 Å². The fourth-order valence-electron chi connectivity index (χ4n) is 1.75. The molecule has 0 bridgehead atoms. The standard InChI is InChI=1S/C13H30N2O3/c1-11(2)14-8-13(16)9-15(6-7-17-4)12(3)10-18-5/h11-14,16H,6-10H2,1-5H3. The quantitative estimate of drug-likeness (QED) is 0.562. The Balaban J connectivity index is 4.11. The van der Waals surface area contributed by atoms with Crippen LogP contribution in [0.15, 0.2) is 0 Å². The molecular weight excluding hydrogens is 232 g/mol. The molecule has 2 unspecified atom stereocenters. The lowest BCUT2D eigenvalue weighted by Crippen LogP contribution is -2.46. The van der Waals surface area contributed by atoms with Crippen LogP contribution in [0.4, 0.5) is 0 Å². The first-order valence-electron chi connectivity index (χ1n) is 6.64. The fourth-order valence-corrected chi connectivity index (χ4v) is 1.75. The zero-order chi connectivity index (χ0) is 14.0. The van der Waals surface area contributed by atoms with Gasteiger partial charge in [0.2, 0.25) is 0 Å². The maximum absolute atomic E-state index is 10.00. The highest BCUT2D eigenvalue weighted by Crippen LogP contribution is 2.02. The molecule has 0 spiro atoms. The van der Waals surface area contributed by atoms with Crippen LogP contribution in [0.2, 0.25) is 0 Å². The van der Waals surface area contributed by atoms with Crippen molar-refractivity contribution in [2.24, 2.45) is 0 Å². The van der Waals surface area contributed by atoms with Crippen LogP contribution in [0.1, 0.15) is 20.8 Å². The van der Waals surface area contributed by atoms with Gasteiger partial charge in [0, 0.05) is 45.9 Å². The van der Waals surface area contributed by atoms with Crippen LogP contribution in [0.3, 0.4) is 0 Å². The summed E-state index contributed by atoms with van der Waals surface area (Å²) in [6, 6.07) is 0.669. The van der Waals surface area contributed by atoms with Crippen molar-refractivity contribution < 1.29 is 14.6 Å². The molecule has 0 aromatic carbocycles. The van der Waals surface area contributed by atoms with Crippen molar-refractivity contribution in [3.63, 3.8) is 0 Å². The van der Waals surface area contributed by atoms with E-state index in [0.29, 0.717) is 32.3 Å². The maximum Gasteiger partial charge on any atom is 0.0791 e. The summed E-state index contributed by atoms with van der Waals surface area (Å²) in [5, 5.41) is 13.2. The van der Waals surface area contributed by atoms with Gasteiger partial charge in [0.1, 0.15) is 0 Å². The number of methoxy groups -OCH3 is 2. The first-order chi connectivity index (χ1) is 8.51. The Bertz CT molecular complexity index is 191. The fraction of sp³-hybridized carbons (Fsp3) is 1.00. The molecule has 0 rings (SSSR count). The van der Waals surface area contributed by atoms with Crippen LogP contribution < -0.4 is 5.32 Å². The first kappa shape index (κ1) is 17.8. The number of nitrogens with zero attached hydrogens (tertiary/aromatic N) is 1. The van der Waals surface area contributed by atoms with Crippen molar-refractivity contribution in [3.8, 4) is 0 Å². The molecule has 0 heterocycles. The smallest absolute Gasteiger partial charge is 0.0791 e. The van der Waals surface area contributed by atoms with E-state index in [9.17, 15) is 5.11 Å². The van der Waals surface area contributed by atoms with E-state index in [1.54, 1.807) is 14.2 Å². The molecular formula is C13H30N2O3. The normalized spacial score (nSPS) is 15.3. The predicted molar refractivity (Wildman–Crippen MR) is 73.9 cm³/mol. The van der Waals surface area contributed by atoms with Crippen molar-refractivity contribution >= 4 is 0 Å². The largest absolute Gasteiger partial charge is 0.390 e. The minimum Gasteiger partial charge on any atom is -0.390 e. The topological polar surface area (TPSA) is 54.0 Å². The molecule has 0 aliphatic carbocycles. The predicted octanol–water partition coefficient (Wildman–Crippen LogP) is 0.329. The van der Waals surface area contributed by atoms with Gasteiger partial charge in [-0.1, -0.05) is 13.8 Å². The second-order valence-electron chi connectivity index (χ2n) is 5.01. The van der Waals surface area contributed by atoms with Crippen LogP contribution >= 0.6 is 0 Å². The Kier molecular flexibility index (Phi) is 10.6. The summed E-state index contributed by atoms with van der Waals surface area (Å²) in [5.74, 6) is 0. The van der Waals surface area contributed by atoms with Gasteiger partial charge in [-0.25, -0.2) is 0 Å². The second-order valence-corrected chi connectivity index (χ2v) is 5.01. The molecule has 5 heteroatoms. The summed E-state index contributed by atoms with van der Waals surface area (Å²) in [6.07, 6.45) is -0.372. The van der Waals surface area contributed by atoms with Gasteiger partial charge < -0.3 is 19.9 Å². The van der Waals surface area contributed by atoms with E-state index in [2.05, 4.69) is 31.0 Å². The highest BCUT2D eigenvalue weighted by molar-refractivity contribution is 4.73. The number of hydrogen-bond donors (Lipinski definition) is 2. The first-order valence-corrected chi connectivity index (χ1v) is 6.64. The summed E-state index contributed by atoms with van der Waals surface area (Å²) in [4.78, 5) is 2.19. The Hall–Kier alpha value is -0.200. The summed E-state index contributed by atoms with van der Waals surface area (Å²) < 4.78 is 10.3. The number of nitrogens with one attached hydrogen (secondary N) is 1. The molecule has 0 aromatic heterocycles. The van der Waals surface area contributed by atoms with Crippen LogP contribution in [-0.2, 0) is 9.47 Å². The number of aliphatic hydroxyl groups is 1. The Morgan fingerprint density at radius 1 is 1.17 bits per heavy atom. The van der Waals surface area contributed by atoms with Crippen molar-refractivity contribution in [2.45, 2.75) is 39.0 Å². The third kappa shape index (κ3) is 8.83. The molecule has 0 aromatic rings. The van der Waals surface area contributed by atoms with Crippen molar-refractivity contribution in [2.75, 3.05) is 47.1 Å². The number of rotatable bonds is 11. The molecule has 0 amide bonds. The SMILES string of the molecule is COCCN(CC(O)CNC(C)C)C(C)COC. The van der Waals surface area contributed by atoms with Crippen LogP contribution in [-0.4, -0.2) is 75.3 Å². The summed E-state index contributed by atoms with van der Waals surface area (Å²) >= 11 is 0. The molecule has 110 valence electrons. The summed E-state index contributed by atoms with van der Waals surface area (Å²) in [6.45, 7) is 9.62. The molecule has 0 saturated heterocycles. The van der Waals surface area contributed by atoms with E-state index < -0.39 is 0 Å². The number of ether oxygens (including phenoxy) is 2. The maximum atomic E-state index is 10.00. The van der Waals surface area contributed by atoms with Gasteiger partial charge in [-0.15, -0.1) is 0 Å². The van der Waals surface area contributed by atoms with Gasteiger partial charge in [-0.2, -0.15) is 0 Å². The average Bonchev–Trinajstić information content (AvgIpc) is 2.32. The van der Waals surface area contributed by atoms with Crippen molar-refractivity contribution in [1.29, 1.82) is 0 Å². The van der Waals surface area contributed by atoms with Gasteiger partial charge in [-0.3, -0.25) is 4.90 Å². The zero-order valence-electron chi connectivity index (χ0n) is 12.5. The van der Waals surface area contributed by atoms with E-state index in [1.165, 1.54) is 0 Å². The lowest BCUT2D eigenvalue weighted by molar-refractivity contribution is 0.0386. The van der Waals surface area contributed by atoms with Crippen LogP contribution in [0, 0.1) is 0 Å². The van der Waals surface area contributed by atoms with Crippen molar-refractivity contribution in [3.05, 3.63) is 0 Å². The minimum atomic E-state index is -0.372. The van der Waals surface area contributed by atoms with Crippen LogP contribution in [0.5, 0.6) is 0 Å². The Labute approximate surface area is 111 Å². The second kappa shape index (κ2) is 10.7. The highest BCUT2D eigenvalue weighted by Gasteiger charge is 2.17. The molecule has 5 nitrogen and oxygen atoms in total. The highest BCUT2D eigenvalue weighted by atomic mass is 16.5. The molecule has 18 heavy (non-hydrogen) atoms. The average molecular weight is 262 g/mol. The Morgan fingerprint density at radius 3 is 2.33 bits per heavy atom. The molecule has 2 atom stereocenters. The molecule has 2 N–H and O–H groups in total. The van der Waals surface area contributed by atoms with E-state index in [4.69, 9.17) is 9.47 Å². The van der Waals surface area contributed by atoms with E-state index >= 15 is 0 Å². The van der Waals surface area contributed by atoms with Gasteiger partial charge in [0.05, 0.1) is 19.3 Å². The molecule has 0 radical (unpaired) electrons. The molecule has 0 aliphatic heterocycles. The lowest BCUT2D eigenvalue weighted by atomic mass is 10.2. The third-order valence-electron chi connectivity index (χ3n) is 2.82. The van der Waals surface area contributed by atoms with Crippen molar-refractivity contribution in [1.82, 2.24) is 10.2 Å². The van der Waals surface area contributed by atoms with Crippen LogP contribution in [0.25, 0.3) is 0 Å². The monoisotopic (exact) mass is 262 g/mol. The Morgan fingerprint density at radius 2 is 1.83 bits per heavy atom. The zero-order valence-corrected chi connectivity index (χ0v) is 12.5. The summed E-state index contributed by atoms with van der Waals surface area (Å²) in [7, 11) is 3.39. The van der Waals surface area contributed by atoms with E-state index in [0.717, 1.165) is 6.54 Å². The lowest BCUT2D eigenvalue weighted by Gasteiger charge is -2.30. The van der Waals surface area contributed by atoms with Gasteiger partial charge in [0.15, 0.2) is 0 Å². The number of aliphatic hydroxyl groups excluding tert-OH is 1. The molecule has 0 fully saturated rings.